The fourth-order valence-electron chi connectivity index (χ4n) is 2.77. The number of hydrogen-bond donors (Lipinski definition) is 1. The Morgan fingerprint density at radius 3 is 2.58 bits per heavy atom. The predicted molar refractivity (Wildman–Crippen MR) is 82.6 cm³/mol. The fourth-order valence-corrected chi connectivity index (χ4v) is 2.77. The van der Waals surface area contributed by atoms with Gasteiger partial charge in [0.05, 0.1) is 6.61 Å². The van der Waals surface area contributed by atoms with Crippen LogP contribution < -0.4 is 5.32 Å². The van der Waals surface area contributed by atoms with Crippen molar-refractivity contribution in [3.05, 3.63) is 0 Å². The lowest BCUT2D eigenvalue weighted by molar-refractivity contribution is 0.0248. The molecule has 0 radical (unpaired) electrons. The molecule has 19 heavy (non-hydrogen) atoms. The molecule has 3 nitrogen and oxygen atoms in total. The van der Waals surface area contributed by atoms with Crippen LogP contribution in [0.2, 0.25) is 0 Å². The number of ether oxygens (including phenoxy) is 1. The van der Waals surface area contributed by atoms with Crippen LogP contribution in [0.4, 0.5) is 0 Å². The average Bonchev–Trinajstić information content (AvgIpc) is 2.32. The van der Waals surface area contributed by atoms with Crippen molar-refractivity contribution in [1.82, 2.24) is 10.2 Å². The Hall–Kier alpha value is -0.120. The van der Waals surface area contributed by atoms with Crippen molar-refractivity contribution in [1.29, 1.82) is 0 Å². The number of nitrogens with zero attached hydrogens (tertiary/aromatic N) is 1. The molecule has 1 N–H and O–H groups in total. The molecule has 0 aliphatic carbocycles. The highest BCUT2D eigenvalue weighted by atomic mass is 16.5. The largest absolute Gasteiger partial charge is 0.380 e. The predicted octanol–water partition coefficient (Wildman–Crippen LogP) is 2.76. The summed E-state index contributed by atoms with van der Waals surface area (Å²) in [6.45, 7) is 18.7. The van der Waals surface area contributed by atoms with Crippen molar-refractivity contribution in [2.75, 3.05) is 32.8 Å². The van der Waals surface area contributed by atoms with Gasteiger partial charge in [0.15, 0.2) is 0 Å². The molecule has 0 bridgehead atoms. The third-order valence-electron chi connectivity index (χ3n) is 4.13. The van der Waals surface area contributed by atoms with Gasteiger partial charge in [-0.2, -0.15) is 0 Å². The summed E-state index contributed by atoms with van der Waals surface area (Å²) >= 11 is 0. The molecule has 0 aromatic carbocycles. The Bertz CT molecular complexity index is 253. The smallest absolute Gasteiger partial charge is 0.0593 e. The quantitative estimate of drug-likeness (QED) is 0.720. The molecule has 2 atom stereocenters. The van der Waals surface area contributed by atoms with Gasteiger partial charge < -0.3 is 10.1 Å². The third kappa shape index (κ3) is 5.80. The summed E-state index contributed by atoms with van der Waals surface area (Å²) < 4.78 is 5.77. The molecule has 1 aliphatic heterocycles. The average molecular weight is 270 g/mol. The summed E-state index contributed by atoms with van der Waals surface area (Å²) in [5, 5.41) is 3.68. The number of rotatable bonds is 7. The molecule has 1 fully saturated rings. The van der Waals surface area contributed by atoms with E-state index in [0.29, 0.717) is 12.0 Å². The Labute approximate surface area is 120 Å². The first-order chi connectivity index (χ1) is 8.85. The van der Waals surface area contributed by atoms with Gasteiger partial charge in [-0.25, -0.2) is 0 Å². The van der Waals surface area contributed by atoms with Crippen LogP contribution in [0, 0.1) is 11.8 Å². The summed E-state index contributed by atoms with van der Waals surface area (Å²) in [7, 11) is 0. The molecule has 0 amide bonds. The van der Waals surface area contributed by atoms with E-state index in [2.05, 4.69) is 51.8 Å². The van der Waals surface area contributed by atoms with Crippen LogP contribution >= 0.6 is 0 Å². The van der Waals surface area contributed by atoms with E-state index in [4.69, 9.17) is 4.74 Å². The first kappa shape index (κ1) is 16.9. The van der Waals surface area contributed by atoms with Gasteiger partial charge in [-0.3, -0.25) is 4.90 Å². The van der Waals surface area contributed by atoms with Crippen molar-refractivity contribution in [3.8, 4) is 0 Å². The van der Waals surface area contributed by atoms with Gasteiger partial charge >= 0.3 is 0 Å². The third-order valence-corrected chi connectivity index (χ3v) is 4.13. The molecule has 1 aliphatic rings. The lowest BCUT2D eigenvalue weighted by atomic mass is 9.91. The van der Waals surface area contributed by atoms with E-state index in [-0.39, 0.29) is 5.54 Å². The second kappa shape index (κ2) is 7.61. The molecule has 2 unspecified atom stereocenters. The van der Waals surface area contributed by atoms with Crippen LogP contribution in [0.5, 0.6) is 0 Å². The zero-order valence-corrected chi connectivity index (χ0v) is 13.8. The molecule has 3 heteroatoms. The monoisotopic (exact) mass is 270 g/mol. The van der Waals surface area contributed by atoms with Crippen LogP contribution in [0.1, 0.15) is 48.0 Å². The van der Waals surface area contributed by atoms with E-state index in [1.807, 2.05) is 0 Å². The maximum absolute atomic E-state index is 5.77. The molecule has 0 saturated carbocycles. The lowest BCUT2D eigenvalue weighted by Gasteiger charge is -2.46. The molecule has 1 saturated heterocycles. The molecule has 114 valence electrons. The Morgan fingerprint density at radius 2 is 2.00 bits per heavy atom. The minimum absolute atomic E-state index is 0.224. The summed E-state index contributed by atoms with van der Waals surface area (Å²) in [6, 6.07) is 0.653. The maximum Gasteiger partial charge on any atom is 0.0593 e. The van der Waals surface area contributed by atoms with Gasteiger partial charge in [-0.05, 0) is 25.7 Å². The van der Waals surface area contributed by atoms with Gasteiger partial charge in [0.2, 0.25) is 0 Å². The van der Waals surface area contributed by atoms with Crippen molar-refractivity contribution >= 4 is 0 Å². The zero-order valence-electron chi connectivity index (χ0n) is 13.8. The van der Waals surface area contributed by atoms with Gasteiger partial charge in [0.25, 0.3) is 0 Å². The Morgan fingerprint density at radius 1 is 1.32 bits per heavy atom. The Balaban J connectivity index is 2.47. The normalized spacial score (nSPS) is 25.7. The molecule has 0 spiro atoms. The fraction of sp³-hybridized carbons (Fsp3) is 1.00. The Kier molecular flexibility index (Phi) is 6.78. The number of hydrogen-bond acceptors (Lipinski definition) is 3. The SMILES string of the molecule is CCC(C)C1CNC(C)(C)CN1CCOCC(C)C. The highest BCUT2D eigenvalue weighted by Gasteiger charge is 2.34. The standard InChI is InChI=1S/C16H34N2O/c1-7-14(4)15-10-17-16(5,6)12-18(15)8-9-19-11-13(2)3/h13-15,17H,7-12H2,1-6H3. The van der Waals surface area contributed by atoms with Crippen LogP contribution in [0.15, 0.2) is 0 Å². The van der Waals surface area contributed by atoms with Gasteiger partial charge in [-0.15, -0.1) is 0 Å². The molecule has 1 heterocycles. The summed E-state index contributed by atoms with van der Waals surface area (Å²) in [4.78, 5) is 2.63. The van der Waals surface area contributed by atoms with Gasteiger partial charge in [-0.1, -0.05) is 34.1 Å². The van der Waals surface area contributed by atoms with E-state index >= 15 is 0 Å². The van der Waals surface area contributed by atoms with Gasteiger partial charge in [0, 0.05) is 37.8 Å². The second-order valence-electron chi connectivity index (χ2n) is 7.16. The minimum Gasteiger partial charge on any atom is -0.380 e. The number of nitrogens with one attached hydrogen (secondary N) is 1. The molecule has 0 aromatic heterocycles. The van der Waals surface area contributed by atoms with E-state index in [0.717, 1.165) is 38.8 Å². The minimum atomic E-state index is 0.224. The molecule has 0 aromatic rings. The van der Waals surface area contributed by atoms with Crippen molar-refractivity contribution in [2.24, 2.45) is 11.8 Å². The van der Waals surface area contributed by atoms with E-state index in [9.17, 15) is 0 Å². The molecule has 1 rings (SSSR count). The topological polar surface area (TPSA) is 24.5 Å². The van der Waals surface area contributed by atoms with Crippen molar-refractivity contribution in [2.45, 2.75) is 59.5 Å². The summed E-state index contributed by atoms with van der Waals surface area (Å²) in [5.41, 5.74) is 0.224. The van der Waals surface area contributed by atoms with E-state index < -0.39 is 0 Å². The van der Waals surface area contributed by atoms with Crippen molar-refractivity contribution < 1.29 is 4.74 Å². The van der Waals surface area contributed by atoms with Crippen LogP contribution in [0.3, 0.4) is 0 Å². The zero-order chi connectivity index (χ0) is 14.5. The second-order valence-corrected chi connectivity index (χ2v) is 7.16. The van der Waals surface area contributed by atoms with Gasteiger partial charge in [0.1, 0.15) is 0 Å². The first-order valence-corrected chi connectivity index (χ1v) is 7.92. The molecular weight excluding hydrogens is 236 g/mol. The summed E-state index contributed by atoms with van der Waals surface area (Å²) in [5.74, 6) is 1.37. The number of piperazine rings is 1. The lowest BCUT2D eigenvalue weighted by Crippen LogP contribution is -2.63. The molecular formula is C16H34N2O. The highest BCUT2D eigenvalue weighted by Crippen LogP contribution is 2.21. The van der Waals surface area contributed by atoms with Crippen LogP contribution in [0.25, 0.3) is 0 Å². The maximum atomic E-state index is 5.77. The first-order valence-electron chi connectivity index (χ1n) is 7.92. The van der Waals surface area contributed by atoms with E-state index in [1.54, 1.807) is 0 Å². The summed E-state index contributed by atoms with van der Waals surface area (Å²) in [6.07, 6.45) is 1.25. The van der Waals surface area contributed by atoms with Crippen LogP contribution in [-0.4, -0.2) is 49.3 Å². The highest BCUT2D eigenvalue weighted by molar-refractivity contribution is 4.93. The van der Waals surface area contributed by atoms with Crippen LogP contribution in [-0.2, 0) is 4.74 Å². The van der Waals surface area contributed by atoms with Crippen molar-refractivity contribution in [3.63, 3.8) is 0 Å². The van der Waals surface area contributed by atoms with E-state index in [1.165, 1.54) is 6.42 Å².